The molecule has 0 aliphatic heterocycles. The van der Waals surface area contributed by atoms with E-state index in [0.29, 0.717) is 12.6 Å². The largest absolute Gasteiger partial charge is 0.381 e. The van der Waals surface area contributed by atoms with Gasteiger partial charge in [-0.1, -0.05) is 46.0 Å². The smallest absolute Gasteiger partial charge is 0.0478 e. The highest BCUT2D eigenvalue weighted by molar-refractivity contribution is 4.59. The molecule has 0 aromatic heterocycles. The van der Waals surface area contributed by atoms with Gasteiger partial charge in [-0.15, -0.1) is 0 Å². The molecule has 1 unspecified atom stereocenters. The molecule has 0 fully saturated rings. The molecule has 1 atom stereocenters. The maximum Gasteiger partial charge on any atom is 0.0478 e. The van der Waals surface area contributed by atoms with Gasteiger partial charge in [0.1, 0.15) is 0 Å². The Labute approximate surface area is 120 Å². The van der Waals surface area contributed by atoms with Crippen LogP contribution in [0.1, 0.15) is 65.7 Å². The van der Waals surface area contributed by atoms with E-state index in [1.54, 1.807) is 0 Å². The lowest BCUT2D eigenvalue weighted by Gasteiger charge is -2.10. The Morgan fingerprint density at radius 2 is 1.53 bits per heavy atom. The van der Waals surface area contributed by atoms with Crippen molar-refractivity contribution in [3.8, 4) is 0 Å². The molecule has 0 saturated heterocycles. The number of hydrogen-bond acceptors (Lipinski definition) is 3. The van der Waals surface area contributed by atoms with Crippen LogP contribution in [0.2, 0.25) is 0 Å². The van der Waals surface area contributed by atoms with E-state index >= 15 is 0 Å². The highest BCUT2D eigenvalue weighted by atomic mass is 16.5. The van der Waals surface area contributed by atoms with E-state index in [9.17, 15) is 0 Å². The van der Waals surface area contributed by atoms with Gasteiger partial charge in [0.2, 0.25) is 0 Å². The molecule has 3 N–H and O–H groups in total. The first-order valence-corrected chi connectivity index (χ1v) is 8.18. The van der Waals surface area contributed by atoms with Crippen LogP contribution in [0.15, 0.2) is 0 Å². The summed E-state index contributed by atoms with van der Waals surface area (Å²) in [5, 5.41) is 3.36. The minimum absolute atomic E-state index is 0.422. The van der Waals surface area contributed by atoms with Crippen LogP contribution in [0.5, 0.6) is 0 Å². The third kappa shape index (κ3) is 15.8. The lowest BCUT2D eigenvalue weighted by Crippen LogP contribution is -2.34. The third-order valence-electron chi connectivity index (χ3n) is 3.38. The molecule has 0 rings (SSSR count). The SMILES string of the molecule is CC(C)CCCCCCCOCCCNC(C)CN. The first-order chi connectivity index (χ1) is 9.16. The van der Waals surface area contributed by atoms with Crippen molar-refractivity contribution in [2.45, 2.75) is 71.8 Å². The Morgan fingerprint density at radius 3 is 2.21 bits per heavy atom. The maximum atomic E-state index is 5.62. The predicted molar refractivity (Wildman–Crippen MR) is 84.5 cm³/mol. The Morgan fingerprint density at radius 1 is 0.895 bits per heavy atom. The van der Waals surface area contributed by atoms with Crippen molar-refractivity contribution in [3.05, 3.63) is 0 Å². The van der Waals surface area contributed by atoms with Crippen LogP contribution in [-0.2, 0) is 4.74 Å². The highest BCUT2D eigenvalue weighted by Crippen LogP contribution is 2.10. The van der Waals surface area contributed by atoms with Crippen LogP contribution < -0.4 is 11.1 Å². The lowest BCUT2D eigenvalue weighted by molar-refractivity contribution is 0.127. The summed E-state index contributed by atoms with van der Waals surface area (Å²) < 4.78 is 5.62. The molecule has 19 heavy (non-hydrogen) atoms. The van der Waals surface area contributed by atoms with E-state index in [2.05, 4.69) is 26.1 Å². The standard InChI is InChI=1S/C16H36N2O/c1-15(2)10-7-5-4-6-8-12-19-13-9-11-18-16(3)14-17/h15-16,18H,4-14,17H2,1-3H3. The van der Waals surface area contributed by atoms with Crippen molar-refractivity contribution in [3.63, 3.8) is 0 Å². The van der Waals surface area contributed by atoms with Gasteiger partial charge in [-0.25, -0.2) is 0 Å². The molecule has 0 saturated carbocycles. The number of ether oxygens (including phenoxy) is 1. The fourth-order valence-corrected chi connectivity index (χ4v) is 2.00. The van der Waals surface area contributed by atoms with Crippen molar-refractivity contribution in [1.29, 1.82) is 0 Å². The van der Waals surface area contributed by atoms with Gasteiger partial charge in [-0.2, -0.15) is 0 Å². The second kappa shape index (κ2) is 14.3. The van der Waals surface area contributed by atoms with E-state index in [4.69, 9.17) is 10.5 Å². The first kappa shape index (κ1) is 18.9. The van der Waals surface area contributed by atoms with E-state index in [-0.39, 0.29) is 0 Å². The summed E-state index contributed by atoms with van der Waals surface area (Å²) in [5.41, 5.74) is 5.53. The van der Waals surface area contributed by atoms with Crippen LogP contribution in [0, 0.1) is 5.92 Å². The Balaban J connectivity index is 2.99. The Kier molecular flexibility index (Phi) is 14.2. The van der Waals surface area contributed by atoms with Gasteiger partial charge in [0.25, 0.3) is 0 Å². The summed E-state index contributed by atoms with van der Waals surface area (Å²) >= 11 is 0. The monoisotopic (exact) mass is 272 g/mol. The zero-order valence-electron chi connectivity index (χ0n) is 13.4. The van der Waals surface area contributed by atoms with Gasteiger partial charge in [0.05, 0.1) is 0 Å². The van der Waals surface area contributed by atoms with E-state index in [0.717, 1.165) is 32.1 Å². The maximum absolute atomic E-state index is 5.62. The van der Waals surface area contributed by atoms with Crippen LogP contribution >= 0.6 is 0 Å². The number of nitrogens with one attached hydrogen (secondary N) is 1. The topological polar surface area (TPSA) is 47.3 Å². The summed E-state index contributed by atoms with van der Waals surface area (Å²) in [6, 6.07) is 0.422. The molecule has 0 aromatic rings. The second-order valence-corrected chi connectivity index (χ2v) is 6.01. The van der Waals surface area contributed by atoms with Crippen LogP contribution in [0.25, 0.3) is 0 Å². The van der Waals surface area contributed by atoms with Crippen molar-refractivity contribution in [2.24, 2.45) is 11.7 Å². The number of nitrogens with two attached hydrogens (primary N) is 1. The van der Waals surface area contributed by atoms with Crippen LogP contribution in [-0.4, -0.2) is 32.3 Å². The van der Waals surface area contributed by atoms with Gasteiger partial charge in [0.15, 0.2) is 0 Å². The quantitative estimate of drug-likeness (QED) is 0.477. The van der Waals surface area contributed by atoms with Gasteiger partial charge < -0.3 is 15.8 Å². The molecule has 116 valence electrons. The first-order valence-electron chi connectivity index (χ1n) is 8.18. The summed E-state index contributed by atoms with van der Waals surface area (Å²) in [6.07, 6.45) is 9.15. The van der Waals surface area contributed by atoms with Crippen molar-refractivity contribution >= 4 is 0 Å². The average Bonchev–Trinajstić information content (AvgIpc) is 2.39. The lowest BCUT2D eigenvalue weighted by atomic mass is 10.0. The van der Waals surface area contributed by atoms with Crippen molar-refractivity contribution < 1.29 is 4.74 Å². The number of unbranched alkanes of at least 4 members (excludes halogenated alkanes) is 4. The van der Waals surface area contributed by atoms with Gasteiger partial charge >= 0.3 is 0 Å². The molecule has 0 aliphatic carbocycles. The highest BCUT2D eigenvalue weighted by Gasteiger charge is 1.97. The number of rotatable bonds is 14. The van der Waals surface area contributed by atoms with E-state index < -0.39 is 0 Å². The molecule has 0 aliphatic rings. The zero-order chi connectivity index (χ0) is 14.3. The molecule has 0 aromatic carbocycles. The van der Waals surface area contributed by atoms with E-state index in [1.807, 2.05) is 0 Å². The predicted octanol–water partition coefficient (Wildman–Crippen LogP) is 3.33. The minimum atomic E-state index is 0.422. The summed E-state index contributed by atoms with van der Waals surface area (Å²) in [7, 11) is 0. The van der Waals surface area contributed by atoms with E-state index in [1.165, 1.54) is 38.5 Å². The normalized spacial score (nSPS) is 13.1. The molecule has 3 heteroatoms. The Hall–Kier alpha value is -0.120. The summed E-state index contributed by atoms with van der Waals surface area (Å²) in [5.74, 6) is 0.860. The molecule has 0 radical (unpaired) electrons. The summed E-state index contributed by atoms with van der Waals surface area (Å²) in [4.78, 5) is 0. The molecular formula is C16H36N2O. The van der Waals surface area contributed by atoms with Gasteiger partial charge in [0, 0.05) is 25.8 Å². The Bertz CT molecular complexity index is 174. The van der Waals surface area contributed by atoms with Crippen LogP contribution in [0.3, 0.4) is 0 Å². The fraction of sp³-hybridized carbons (Fsp3) is 1.00. The molecule has 0 bridgehead atoms. The summed E-state index contributed by atoms with van der Waals surface area (Å²) in [6.45, 7) is 10.2. The third-order valence-corrected chi connectivity index (χ3v) is 3.38. The fourth-order valence-electron chi connectivity index (χ4n) is 2.00. The molecule has 0 heterocycles. The van der Waals surface area contributed by atoms with Crippen LogP contribution in [0.4, 0.5) is 0 Å². The average molecular weight is 272 g/mol. The second-order valence-electron chi connectivity index (χ2n) is 6.01. The molecule has 0 amide bonds. The molecular weight excluding hydrogens is 236 g/mol. The van der Waals surface area contributed by atoms with Gasteiger partial charge in [-0.3, -0.25) is 0 Å². The van der Waals surface area contributed by atoms with Gasteiger partial charge in [-0.05, 0) is 32.2 Å². The minimum Gasteiger partial charge on any atom is -0.381 e. The van der Waals surface area contributed by atoms with Crippen molar-refractivity contribution in [2.75, 3.05) is 26.3 Å². The molecule has 0 spiro atoms. The zero-order valence-corrected chi connectivity index (χ0v) is 13.4. The molecule has 3 nitrogen and oxygen atoms in total. The number of hydrogen-bond donors (Lipinski definition) is 2. The van der Waals surface area contributed by atoms with Crippen molar-refractivity contribution in [1.82, 2.24) is 5.32 Å².